The van der Waals surface area contributed by atoms with Gasteiger partial charge in [-0.15, -0.1) is 11.3 Å². The van der Waals surface area contributed by atoms with E-state index >= 15 is 0 Å². The fourth-order valence-electron chi connectivity index (χ4n) is 6.33. The minimum absolute atomic E-state index is 0.0235. The minimum atomic E-state index is -0.902. The van der Waals surface area contributed by atoms with Gasteiger partial charge in [0.15, 0.2) is 0 Å². The number of hydrogen-bond acceptors (Lipinski definition) is 3. The topological polar surface area (TPSA) is 57.6 Å². The van der Waals surface area contributed by atoms with Gasteiger partial charge in [0.2, 0.25) is 5.91 Å². The number of carboxylic acids is 1. The molecule has 34 heavy (non-hydrogen) atoms. The highest BCUT2D eigenvalue weighted by Gasteiger charge is 2.39. The van der Waals surface area contributed by atoms with Gasteiger partial charge in [0.05, 0.1) is 5.69 Å². The molecule has 5 heteroatoms. The average Bonchev–Trinajstić information content (AvgIpc) is 3.25. The SMILES string of the molecule is CC(C)(C)[C@H]1CC[C@@H](N(c2cc(C3=CCCCC3)sc2C(=O)O)C(=O)[C@H]2CC[C@H](C)CC2)CC1. The molecule has 1 amide bonds. The van der Waals surface area contributed by atoms with Crippen LogP contribution in [-0.2, 0) is 4.79 Å². The molecule has 0 aromatic carbocycles. The standard InChI is InChI=1S/C29H43NO3S/c1-19-10-12-21(13-11-19)27(31)30(23-16-14-22(15-17-23)29(2,3)4)24-18-25(34-26(24)28(32)33)20-8-6-5-7-9-20/h8,18-19,21-23H,5-7,9-17H2,1-4H3,(H,32,33)/t19-,21-,22-,23+. The lowest BCUT2D eigenvalue weighted by Gasteiger charge is -2.42. The fourth-order valence-corrected chi connectivity index (χ4v) is 7.39. The number of rotatable bonds is 5. The molecular formula is C29H43NO3S. The average molecular weight is 486 g/mol. The van der Waals surface area contributed by atoms with Gasteiger partial charge in [-0.1, -0.05) is 33.8 Å². The van der Waals surface area contributed by atoms with E-state index in [1.165, 1.54) is 23.3 Å². The first-order chi connectivity index (χ1) is 16.1. The Bertz CT molecular complexity index is 908. The number of thiophene rings is 1. The summed E-state index contributed by atoms with van der Waals surface area (Å²) in [5.74, 6) is 0.632. The van der Waals surface area contributed by atoms with Crippen molar-refractivity contribution in [3.63, 3.8) is 0 Å². The van der Waals surface area contributed by atoms with E-state index in [2.05, 4.69) is 33.8 Å². The zero-order valence-electron chi connectivity index (χ0n) is 21.6. The van der Waals surface area contributed by atoms with Crippen molar-refractivity contribution >= 4 is 34.5 Å². The van der Waals surface area contributed by atoms with Gasteiger partial charge < -0.3 is 10.0 Å². The molecule has 0 spiro atoms. The minimum Gasteiger partial charge on any atom is -0.477 e. The van der Waals surface area contributed by atoms with Gasteiger partial charge in [-0.2, -0.15) is 0 Å². The molecule has 1 heterocycles. The Hall–Kier alpha value is -1.62. The maximum Gasteiger partial charge on any atom is 0.348 e. The fraction of sp³-hybridized carbons (Fsp3) is 0.724. The summed E-state index contributed by atoms with van der Waals surface area (Å²) >= 11 is 1.37. The van der Waals surface area contributed by atoms with Gasteiger partial charge >= 0.3 is 5.97 Å². The van der Waals surface area contributed by atoms with Crippen molar-refractivity contribution in [1.29, 1.82) is 0 Å². The number of hydrogen-bond donors (Lipinski definition) is 1. The van der Waals surface area contributed by atoms with E-state index < -0.39 is 5.97 Å². The molecule has 2 saturated carbocycles. The largest absolute Gasteiger partial charge is 0.477 e. The molecule has 3 aliphatic carbocycles. The third-order valence-corrected chi connectivity index (χ3v) is 9.85. The van der Waals surface area contributed by atoms with Crippen LogP contribution in [-0.4, -0.2) is 23.0 Å². The summed E-state index contributed by atoms with van der Waals surface area (Å²) in [6.45, 7) is 9.22. The van der Waals surface area contributed by atoms with E-state index in [1.807, 2.05) is 11.0 Å². The Kier molecular flexibility index (Phi) is 7.91. The lowest BCUT2D eigenvalue weighted by molar-refractivity contribution is -0.124. The number of carbonyl (C=O) groups excluding carboxylic acids is 1. The number of allylic oxidation sites excluding steroid dienone is 2. The number of nitrogens with zero attached hydrogens (tertiary/aromatic N) is 1. The molecule has 188 valence electrons. The number of aromatic carboxylic acids is 1. The van der Waals surface area contributed by atoms with Crippen LogP contribution in [0.15, 0.2) is 12.1 Å². The van der Waals surface area contributed by atoms with Gasteiger partial charge in [0.1, 0.15) is 4.88 Å². The maximum atomic E-state index is 14.1. The van der Waals surface area contributed by atoms with Crippen molar-refractivity contribution in [2.24, 2.45) is 23.2 Å². The van der Waals surface area contributed by atoms with Crippen molar-refractivity contribution in [1.82, 2.24) is 0 Å². The second-order valence-electron chi connectivity index (χ2n) is 12.1. The molecule has 0 aliphatic heterocycles. The van der Waals surface area contributed by atoms with Gasteiger partial charge in [0.25, 0.3) is 0 Å². The van der Waals surface area contributed by atoms with Crippen LogP contribution >= 0.6 is 11.3 Å². The van der Waals surface area contributed by atoms with E-state index in [-0.39, 0.29) is 23.3 Å². The first kappa shape index (κ1) is 25.5. The third kappa shape index (κ3) is 5.61. The van der Waals surface area contributed by atoms with Crippen LogP contribution in [0.25, 0.3) is 5.57 Å². The number of anilines is 1. The third-order valence-electron chi connectivity index (χ3n) is 8.66. The Balaban J connectivity index is 1.68. The van der Waals surface area contributed by atoms with Crippen LogP contribution in [0.4, 0.5) is 5.69 Å². The highest BCUT2D eigenvalue weighted by molar-refractivity contribution is 7.15. The first-order valence-corrected chi connectivity index (χ1v) is 14.4. The molecule has 2 fully saturated rings. The molecule has 0 radical (unpaired) electrons. The number of amides is 1. The van der Waals surface area contributed by atoms with E-state index in [1.54, 1.807) is 0 Å². The molecule has 0 unspecified atom stereocenters. The van der Waals surface area contributed by atoms with Crippen LogP contribution in [0, 0.1) is 23.2 Å². The van der Waals surface area contributed by atoms with Crippen molar-refractivity contribution in [3.8, 4) is 0 Å². The normalized spacial score (nSPS) is 28.3. The summed E-state index contributed by atoms with van der Waals surface area (Å²) in [5, 5.41) is 10.2. The lowest BCUT2D eigenvalue weighted by Crippen LogP contribution is -2.47. The zero-order chi connectivity index (χ0) is 24.5. The van der Waals surface area contributed by atoms with Crippen LogP contribution in [0.1, 0.15) is 119 Å². The predicted molar refractivity (Wildman–Crippen MR) is 142 cm³/mol. The van der Waals surface area contributed by atoms with E-state index in [9.17, 15) is 14.7 Å². The molecule has 0 bridgehead atoms. The molecular weight excluding hydrogens is 442 g/mol. The van der Waals surface area contributed by atoms with Crippen LogP contribution in [0.2, 0.25) is 0 Å². The molecule has 0 atom stereocenters. The summed E-state index contributed by atoms with van der Waals surface area (Å²) in [4.78, 5) is 29.8. The Morgan fingerprint density at radius 1 is 1.00 bits per heavy atom. The predicted octanol–water partition coefficient (Wildman–Crippen LogP) is 8.17. The van der Waals surface area contributed by atoms with Crippen molar-refractivity contribution in [2.75, 3.05) is 4.90 Å². The number of carboxylic acid groups (broad SMARTS) is 1. The quantitative estimate of drug-likeness (QED) is 0.457. The van der Waals surface area contributed by atoms with Gasteiger partial charge in [0, 0.05) is 16.8 Å². The van der Waals surface area contributed by atoms with E-state index in [4.69, 9.17) is 0 Å². The Labute approximate surface area is 209 Å². The smallest absolute Gasteiger partial charge is 0.348 e. The summed E-state index contributed by atoms with van der Waals surface area (Å²) < 4.78 is 0. The molecule has 1 N–H and O–H groups in total. The molecule has 4 nitrogen and oxygen atoms in total. The molecule has 1 aromatic rings. The summed E-state index contributed by atoms with van der Waals surface area (Å²) in [6.07, 6.45) is 14.9. The summed E-state index contributed by atoms with van der Waals surface area (Å²) in [6, 6.07) is 2.15. The van der Waals surface area contributed by atoms with Gasteiger partial charge in [-0.05, 0) is 106 Å². The van der Waals surface area contributed by atoms with Gasteiger partial charge in [-0.25, -0.2) is 4.79 Å². The van der Waals surface area contributed by atoms with Crippen LogP contribution in [0.5, 0.6) is 0 Å². The zero-order valence-corrected chi connectivity index (χ0v) is 22.4. The van der Waals surface area contributed by atoms with Crippen molar-refractivity contribution < 1.29 is 14.7 Å². The monoisotopic (exact) mass is 485 g/mol. The number of carbonyl (C=O) groups is 2. The molecule has 1 aromatic heterocycles. The first-order valence-electron chi connectivity index (χ1n) is 13.5. The summed E-state index contributed by atoms with van der Waals surface area (Å²) in [5.41, 5.74) is 2.20. The van der Waals surface area contributed by atoms with Gasteiger partial charge in [-0.3, -0.25) is 4.79 Å². The second kappa shape index (κ2) is 10.6. The molecule has 0 saturated heterocycles. The summed E-state index contributed by atoms with van der Waals surface area (Å²) in [7, 11) is 0. The molecule has 4 rings (SSSR count). The second-order valence-corrected chi connectivity index (χ2v) is 13.2. The highest BCUT2D eigenvalue weighted by atomic mass is 32.1. The van der Waals surface area contributed by atoms with Crippen LogP contribution in [0.3, 0.4) is 0 Å². The van der Waals surface area contributed by atoms with Crippen LogP contribution < -0.4 is 4.90 Å². The lowest BCUT2D eigenvalue weighted by atomic mass is 9.71. The van der Waals surface area contributed by atoms with Crippen molar-refractivity contribution in [2.45, 2.75) is 111 Å². The Morgan fingerprint density at radius 2 is 1.68 bits per heavy atom. The highest BCUT2D eigenvalue weighted by Crippen LogP contribution is 2.44. The maximum absolute atomic E-state index is 14.1. The molecule has 3 aliphatic rings. The van der Waals surface area contributed by atoms with E-state index in [0.29, 0.717) is 22.4 Å². The van der Waals surface area contributed by atoms with E-state index in [0.717, 1.165) is 75.5 Å². The Morgan fingerprint density at radius 3 is 2.24 bits per heavy atom. The van der Waals surface area contributed by atoms with Crippen molar-refractivity contribution in [3.05, 3.63) is 21.9 Å².